The van der Waals surface area contributed by atoms with E-state index in [0.717, 1.165) is 0 Å². The number of nitrogens with zero attached hydrogens (tertiary/aromatic N) is 2. The third-order valence-electron chi connectivity index (χ3n) is 6.13. The predicted molar refractivity (Wildman–Crippen MR) is 123 cm³/mol. The molecular formula is C25H18FN3O4S. The van der Waals surface area contributed by atoms with E-state index in [2.05, 4.69) is 6.07 Å². The van der Waals surface area contributed by atoms with E-state index in [1.165, 1.54) is 30.6 Å². The van der Waals surface area contributed by atoms with Crippen LogP contribution in [0.25, 0.3) is 0 Å². The molecule has 0 aliphatic carbocycles. The summed E-state index contributed by atoms with van der Waals surface area (Å²) < 4.78 is 24.1. The van der Waals surface area contributed by atoms with Crippen molar-refractivity contribution in [3.05, 3.63) is 92.2 Å². The molecule has 1 atom stereocenters. The zero-order valence-electron chi connectivity index (χ0n) is 18.2. The van der Waals surface area contributed by atoms with Crippen molar-refractivity contribution in [2.75, 3.05) is 12.0 Å². The lowest BCUT2D eigenvalue weighted by Gasteiger charge is -2.32. The van der Waals surface area contributed by atoms with Crippen LogP contribution in [-0.2, 0) is 21.5 Å². The van der Waals surface area contributed by atoms with Crippen molar-refractivity contribution in [2.24, 2.45) is 5.73 Å². The van der Waals surface area contributed by atoms with Gasteiger partial charge < -0.3 is 20.1 Å². The van der Waals surface area contributed by atoms with Crippen LogP contribution < -0.4 is 15.4 Å². The summed E-state index contributed by atoms with van der Waals surface area (Å²) in [6.45, 7) is 1.87. The van der Waals surface area contributed by atoms with Crippen molar-refractivity contribution >= 4 is 28.9 Å². The maximum atomic E-state index is 14.3. The summed E-state index contributed by atoms with van der Waals surface area (Å²) in [7, 11) is 1.25. The number of carbonyl (C=O) groups excluding carboxylic acids is 2. The van der Waals surface area contributed by atoms with Crippen LogP contribution in [0.1, 0.15) is 31.2 Å². The molecular weight excluding hydrogens is 457 g/mol. The van der Waals surface area contributed by atoms with Gasteiger partial charge in [0.15, 0.2) is 11.2 Å². The molecule has 0 radical (unpaired) electrons. The molecule has 0 fully saturated rings. The van der Waals surface area contributed by atoms with Gasteiger partial charge in [0.2, 0.25) is 11.8 Å². The molecule has 1 amide bonds. The number of methoxy groups -OCH3 is 1. The second-order valence-corrected chi connectivity index (χ2v) is 9.15. The van der Waals surface area contributed by atoms with Gasteiger partial charge in [-0.05, 0) is 30.7 Å². The van der Waals surface area contributed by atoms with Crippen LogP contribution in [0.3, 0.4) is 0 Å². The highest BCUT2D eigenvalue weighted by molar-refractivity contribution is 7.13. The van der Waals surface area contributed by atoms with Gasteiger partial charge in [0.25, 0.3) is 0 Å². The number of halogens is 1. The maximum Gasteiger partial charge on any atom is 0.342 e. The number of rotatable bonds is 3. The third-order valence-corrected chi connectivity index (χ3v) is 7.34. The Morgan fingerprint density at radius 3 is 2.65 bits per heavy atom. The lowest BCUT2D eigenvalue weighted by atomic mass is 9.72. The first-order valence-electron chi connectivity index (χ1n) is 10.3. The summed E-state index contributed by atoms with van der Waals surface area (Å²) >= 11 is 1.19. The SMILES string of the molecule is COC(=O)c1c(C)sc2c1OC(N)=C(C#N)C21C(=O)N(Cc2ccc(F)cc2)c2ccccc21. The first kappa shape index (κ1) is 21.7. The minimum absolute atomic E-state index is 0.0447. The highest BCUT2D eigenvalue weighted by Gasteiger charge is 2.60. The molecule has 3 heterocycles. The molecule has 3 aromatic rings. The van der Waals surface area contributed by atoms with Gasteiger partial charge in [-0.25, -0.2) is 9.18 Å². The molecule has 2 N–H and O–H groups in total. The number of nitrogens with two attached hydrogens (primary N) is 1. The second kappa shape index (κ2) is 7.71. The topological polar surface area (TPSA) is 106 Å². The summed E-state index contributed by atoms with van der Waals surface area (Å²) in [4.78, 5) is 29.4. The molecule has 5 rings (SSSR count). The number of aryl methyl sites for hydroxylation is 1. The average molecular weight is 476 g/mol. The number of hydrogen-bond acceptors (Lipinski definition) is 7. The van der Waals surface area contributed by atoms with Crippen molar-refractivity contribution in [3.63, 3.8) is 0 Å². The number of amides is 1. The van der Waals surface area contributed by atoms with E-state index in [9.17, 15) is 19.2 Å². The van der Waals surface area contributed by atoms with Gasteiger partial charge in [-0.2, -0.15) is 5.26 Å². The Morgan fingerprint density at radius 1 is 1.26 bits per heavy atom. The smallest absolute Gasteiger partial charge is 0.342 e. The van der Waals surface area contributed by atoms with Crippen LogP contribution in [0.15, 0.2) is 60.0 Å². The van der Waals surface area contributed by atoms with Crippen molar-refractivity contribution < 1.29 is 23.5 Å². The number of ether oxygens (including phenoxy) is 2. The number of carbonyl (C=O) groups is 2. The van der Waals surface area contributed by atoms with E-state index in [0.29, 0.717) is 26.6 Å². The molecule has 0 saturated carbocycles. The molecule has 9 heteroatoms. The van der Waals surface area contributed by atoms with Gasteiger partial charge in [0.05, 0.1) is 18.5 Å². The Labute approximate surface area is 198 Å². The fraction of sp³-hybridized carbons (Fsp3) is 0.160. The van der Waals surface area contributed by atoms with E-state index in [4.69, 9.17) is 15.2 Å². The zero-order valence-corrected chi connectivity index (χ0v) is 19.0. The second-order valence-electron chi connectivity index (χ2n) is 7.92. The quantitative estimate of drug-likeness (QED) is 0.576. The number of fused-ring (bicyclic) bond motifs is 4. The number of anilines is 1. The summed E-state index contributed by atoms with van der Waals surface area (Å²) in [6.07, 6.45) is 0. The normalized spacial score (nSPS) is 18.4. The zero-order chi connectivity index (χ0) is 24.2. The number of para-hydroxylation sites is 1. The molecule has 1 aromatic heterocycles. The summed E-state index contributed by atoms with van der Waals surface area (Å²) in [5.74, 6) is -1.53. The van der Waals surface area contributed by atoms with Gasteiger partial charge in [-0.15, -0.1) is 11.3 Å². The van der Waals surface area contributed by atoms with Gasteiger partial charge in [0, 0.05) is 16.1 Å². The minimum atomic E-state index is -1.58. The van der Waals surface area contributed by atoms with Gasteiger partial charge in [0.1, 0.15) is 23.0 Å². The standard InChI is InChI=1S/C25H18FN3O4S/c1-13-19(23(30)32-2)20-21(34-13)25(17(11-27)22(28)33-20)16-5-3-4-6-18(16)29(24(25)31)12-14-7-9-15(26)10-8-14/h3-10H,12,28H2,1-2H3. The van der Waals surface area contributed by atoms with Crippen LogP contribution in [-0.4, -0.2) is 19.0 Å². The molecule has 7 nitrogen and oxygen atoms in total. The Kier molecular flexibility index (Phi) is 4.92. The summed E-state index contributed by atoms with van der Waals surface area (Å²) in [6, 6.07) is 15.1. The number of benzene rings is 2. The molecule has 170 valence electrons. The van der Waals surface area contributed by atoms with Crippen LogP contribution >= 0.6 is 11.3 Å². The van der Waals surface area contributed by atoms with Crippen LogP contribution in [0.4, 0.5) is 10.1 Å². The largest absolute Gasteiger partial charge is 0.465 e. The molecule has 0 bridgehead atoms. The average Bonchev–Trinajstić information content (AvgIpc) is 3.28. The Balaban J connectivity index is 1.78. The van der Waals surface area contributed by atoms with Crippen molar-refractivity contribution in [1.82, 2.24) is 0 Å². The number of hydrogen-bond donors (Lipinski definition) is 1. The number of thiophene rings is 1. The highest BCUT2D eigenvalue weighted by atomic mass is 32.1. The molecule has 0 saturated heterocycles. The van der Waals surface area contributed by atoms with E-state index >= 15 is 0 Å². The fourth-order valence-corrected chi connectivity index (χ4v) is 5.92. The monoisotopic (exact) mass is 475 g/mol. The summed E-state index contributed by atoms with van der Waals surface area (Å²) in [5.41, 5.74) is 6.60. The predicted octanol–water partition coefficient (Wildman–Crippen LogP) is 3.90. The molecule has 1 unspecified atom stereocenters. The first-order chi connectivity index (χ1) is 16.3. The first-order valence-corrected chi connectivity index (χ1v) is 11.1. The Hall–Kier alpha value is -4.16. The van der Waals surface area contributed by atoms with Crippen molar-refractivity contribution in [1.29, 1.82) is 5.26 Å². The van der Waals surface area contributed by atoms with E-state index in [-0.39, 0.29) is 35.1 Å². The van der Waals surface area contributed by atoms with Crippen LogP contribution in [0.5, 0.6) is 5.75 Å². The van der Waals surface area contributed by atoms with E-state index in [1.54, 1.807) is 48.2 Å². The highest BCUT2D eigenvalue weighted by Crippen LogP contribution is 2.58. The maximum absolute atomic E-state index is 14.3. The molecule has 2 aliphatic heterocycles. The van der Waals surface area contributed by atoms with E-state index < -0.39 is 17.3 Å². The Morgan fingerprint density at radius 2 is 1.97 bits per heavy atom. The molecule has 2 aromatic carbocycles. The van der Waals surface area contributed by atoms with Gasteiger partial charge in [-0.3, -0.25) is 4.79 Å². The minimum Gasteiger partial charge on any atom is -0.465 e. The van der Waals surface area contributed by atoms with Crippen molar-refractivity contribution in [3.8, 4) is 11.8 Å². The Bertz CT molecular complexity index is 1440. The number of nitriles is 1. The number of esters is 1. The molecule has 2 aliphatic rings. The molecule has 1 spiro atoms. The fourth-order valence-electron chi connectivity index (χ4n) is 4.65. The lowest BCUT2D eigenvalue weighted by molar-refractivity contribution is -0.121. The van der Waals surface area contributed by atoms with Crippen LogP contribution in [0, 0.1) is 24.1 Å². The van der Waals surface area contributed by atoms with Gasteiger partial charge >= 0.3 is 5.97 Å². The van der Waals surface area contributed by atoms with Crippen LogP contribution in [0.2, 0.25) is 0 Å². The molecule has 34 heavy (non-hydrogen) atoms. The van der Waals surface area contributed by atoms with Crippen molar-refractivity contribution in [2.45, 2.75) is 18.9 Å². The van der Waals surface area contributed by atoms with Gasteiger partial charge in [-0.1, -0.05) is 30.3 Å². The third kappa shape index (κ3) is 2.79. The lowest BCUT2D eigenvalue weighted by Crippen LogP contribution is -2.45. The van der Waals surface area contributed by atoms with E-state index in [1.807, 2.05) is 0 Å². The summed E-state index contributed by atoms with van der Waals surface area (Å²) in [5, 5.41) is 10.1.